The lowest BCUT2D eigenvalue weighted by atomic mass is 10.2. The van der Waals surface area contributed by atoms with Crippen LogP contribution < -0.4 is 0 Å². The molecule has 126 valence electrons. The third-order valence-corrected chi connectivity index (χ3v) is 5.48. The van der Waals surface area contributed by atoms with Crippen LogP contribution in [0.3, 0.4) is 0 Å². The normalized spacial score (nSPS) is 23.0. The van der Waals surface area contributed by atoms with Crippen molar-refractivity contribution in [3.8, 4) is 0 Å². The van der Waals surface area contributed by atoms with Gasteiger partial charge in [0.05, 0.1) is 12.4 Å². The van der Waals surface area contributed by atoms with E-state index in [9.17, 15) is 9.18 Å². The average Bonchev–Trinajstić information content (AvgIpc) is 2.98. The van der Waals surface area contributed by atoms with Gasteiger partial charge >= 0.3 is 0 Å². The minimum atomic E-state index is -0.246. The molecule has 0 saturated carbocycles. The molecule has 1 aromatic rings. The molecule has 3 rings (SSSR count). The van der Waals surface area contributed by atoms with Crippen molar-refractivity contribution in [2.45, 2.75) is 23.8 Å². The van der Waals surface area contributed by atoms with Crippen molar-refractivity contribution in [3.63, 3.8) is 0 Å². The van der Waals surface area contributed by atoms with Crippen molar-refractivity contribution in [3.05, 3.63) is 30.1 Å². The van der Waals surface area contributed by atoms with E-state index in [-0.39, 0.29) is 11.7 Å². The fourth-order valence-corrected chi connectivity index (χ4v) is 3.93. The summed E-state index contributed by atoms with van der Waals surface area (Å²) in [5.41, 5.74) is 0. The fourth-order valence-electron chi connectivity index (χ4n) is 3.13. The maximum absolute atomic E-state index is 12.9. The molecule has 2 heterocycles. The minimum Gasteiger partial charge on any atom is -0.380 e. The van der Waals surface area contributed by atoms with Gasteiger partial charge in [0.2, 0.25) is 5.91 Å². The van der Waals surface area contributed by atoms with E-state index in [1.807, 2.05) is 4.90 Å². The van der Waals surface area contributed by atoms with Crippen molar-refractivity contribution in [2.24, 2.45) is 0 Å². The third kappa shape index (κ3) is 4.68. The highest BCUT2D eigenvalue weighted by Crippen LogP contribution is 2.20. The van der Waals surface area contributed by atoms with Crippen molar-refractivity contribution in [1.29, 1.82) is 0 Å². The molecule has 0 bridgehead atoms. The van der Waals surface area contributed by atoms with Crippen LogP contribution in [0.1, 0.15) is 12.8 Å². The molecule has 0 radical (unpaired) electrons. The van der Waals surface area contributed by atoms with E-state index in [2.05, 4.69) is 4.90 Å². The summed E-state index contributed by atoms with van der Waals surface area (Å²) in [7, 11) is 0. The standard InChI is InChI=1S/C17H23FN2O2S/c18-14-2-4-16(5-3-14)23-13-17(21)20-8-1-7-19(9-10-20)15-6-11-22-12-15/h2-5,15H,1,6-13H2. The summed E-state index contributed by atoms with van der Waals surface area (Å²) in [6.45, 7) is 5.28. The number of ether oxygens (including phenoxy) is 1. The lowest BCUT2D eigenvalue weighted by Crippen LogP contribution is -2.40. The molecule has 1 unspecified atom stereocenters. The molecular weight excluding hydrogens is 315 g/mol. The van der Waals surface area contributed by atoms with Gasteiger partial charge in [-0.2, -0.15) is 0 Å². The highest BCUT2D eigenvalue weighted by molar-refractivity contribution is 8.00. The summed E-state index contributed by atoms with van der Waals surface area (Å²) in [5, 5.41) is 0. The van der Waals surface area contributed by atoms with E-state index >= 15 is 0 Å². The second-order valence-electron chi connectivity index (χ2n) is 6.03. The molecule has 23 heavy (non-hydrogen) atoms. The van der Waals surface area contributed by atoms with Crippen LogP contribution in [0.25, 0.3) is 0 Å². The summed E-state index contributed by atoms with van der Waals surface area (Å²) < 4.78 is 18.4. The Morgan fingerprint density at radius 2 is 2.04 bits per heavy atom. The molecule has 0 N–H and O–H groups in total. The molecule has 2 aliphatic rings. The number of thioether (sulfide) groups is 1. The first-order valence-electron chi connectivity index (χ1n) is 8.20. The first kappa shape index (κ1) is 16.7. The van der Waals surface area contributed by atoms with Gasteiger partial charge in [0.1, 0.15) is 5.82 Å². The Morgan fingerprint density at radius 3 is 2.78 bits per heavy atom. The van der Waals surface area contributed by atoms with Gasteiger partial charge in [-0.1, -0.05) is 0 Å². The monoisotopic (exact) mass is 338 g/mol. The maximum atomic E-state index is 12.9. The van der Waals surface area contributed by atoms with E-state index in [1.54, 1.807) is 12.1 Å². The molecule has 1 amide bonds. The highest BCUT2D eigenvalue weighted by Gasteiger charge is 2.26. The number of benzene rings is 1. The van der Waals surface area contributed by atoms with Crippen LogP contribution in [-0.2, 0) is 9.53 Å². The van der Waals surface area contributed by atoms with Crippen LogP contribution in [0.5, 0.6) is 0 Å². The highest BCUT2D eigenvalue weighted by atomic mass is 32.2. The molecule has 2 fully saturated rings. The maximum Gasteiger partial charge on any atom is 0.232 e. The second kappa shape index (κ2) is 8.13. The summed E-state index contributed by atoms with van der Waals surface area (Å²) in [4.78, 5) is 17.8. The number of nitrogens with zero attached hydrogens (tertiary/aromatic N) is 2. The number of amides is 1. The number of halogens is 1. The van der Waals surface area contributed by atoms with Gasteiger partial charge in [0.25, 0.3) is 0 Å². The number of carbonyl (C=O) groups excluding carboxylic acids is 1. The Bertz CT molecular complexity index is 520. The smallest absolute Gasteiger partial charge is 0.232 e. The molecule has 0 aromatic heterocycles. The van der Waals surface area contributed by atoms with Gasteiger partial charge < -0.3 is 9.64 Å². The van der Waals surface area contributed by atoms with Crippen LogP contribution in [0.15, 0.2) is 29.2 Å². The minimum absolute atomic E-state index is 0.170. The molecular formula is C17H23FN2O2S. The molecule has 1 aromatic carbocycles. The summed E-state index contributed by atoms with van der Waals surface area (Å²) in [6.07, 6.45) is 2.12. The summed E-state index contributed by atoms with van der Waals surface area (Å²) in [5.74, 6) is 0.339. The first-order valence-corrected chi connectivity index (χ1v) is 9.19. The van der Waals surface area contributed by atoms with E-state index in [1.165, 1.54) is 23.9 Å². The number of carbonyl (C=O) groups is 1. The molecule has 6 heteroatoms. The Kier molecular flexibility index (Phi) is 5.91. The average molecular weight is 338 g/mol. The van der Waals surface area contributed by atoms with Gasteiger partial charge in [0.15, 0.2) is 0 Å². The van der Waals surface area contributed by atoms with Gasteiger partial charge in [-0.25, -0.2) is 4.39 Å². The van der Waals surface area contributed by atoms with Gasteiger partial charge in [-0.15, -0.1) is 11.8 Å². The van der Waals surface area contributed by atoms with Gasteiger partial charge in [-0.05, 0) is 37.1 Å². The predicted molar refractivity (Wildman–Crippen MR) is 89.1 cm³/mol. The summed E-state index contributed by atoms with van der Waals surface area (Å²) >= 11 is 1.47. The van der Waals surface area contributed by atoms with E-state index in [4.69, 9.17) is 4.74 Å². The predicted octanol–water partition coefficient (Wildman–Crippen LogP) is 2.24. The Hall–Kier alpha value is -1.11. The van der Waals surface area contributed by atoms with E-state index in [0.717, 1.165) is 57.1 Å². The molecule has 0 aliphatic carbocycles. The lowest BCUT2D eigenvalue weighted by molar-refractivity contribution is -0.128. The van der Waals surface area contributed by atoms with Crippen LogP contribution in [0.4, 0.5) is 4.39 Å². The van der Waals surface area contributed by atoms with Crippen LogP contribution >= 0.6 is 11.8 Å². The van der Waals surface area contributed by atoms with Gasteiger partial charge in [-0.3, -0.25) is 9.69 Å². The molecule has 2 saturated heterocycles. The lowest BCUT2D eigenvalue weighted by Gasteiger charge is -2.26. The Balaban J connectivity index is 1.46. The number of hydrogen-bond acceptors (Lipinski definition) is 4. The first-order chi connectivity index (χ1) is 11.2. The number of rotatable bonds is 4. The zero-order valence-electron chi connectivity index (χ0n) is 13.2. The van der Waals surface area contributed by atoms with E-state index < -0.39 is 0 Å². The van der Waals surface area contributed by atoms with Crippen molar-refractivity contribution >= 4 is 17.7 Å². The van der Waals surface area contributed by atoms with Crippen molar-refractivity contribution < 1.29 is 13.9 Å². The van der Waals surface area contributed by atoms with Crippen LogP contribution in [-0.4, -0.2) is 66.9 Å². The van der Waals surface area contributed by atoms with E-state index in [0.29, 0.717) is 11.8 Å². The second-order valence-corrected chi connectivity index (χ2v) is 7.08. The topological polar surface area (TPSA) is 32.8 Å². The van der Waals surface area contributed by atoms with Crippen LogP contribution in [0, 0.1) is 5.82 Å². The SMILES string of the molecule is O=C(CSc1ccc(F)cc1)N1CCCN(C2CCOC2)CC1. The quantitative estimate of drug-likeness (QED) is 0.789. The fraction of sp³-hybridized carbons (Fsp3) is 0.588. The largest absolute Gasteiger partial charge is 0.380 e. The molecule has 2 aliphatic heterocycles. The molecule has 0 spiro atoms. The molecule has 4 nitrogen and oxygen atoms in total. The van der Waals surface area contributed by atoms with Gasteiger partial charge in [0, 0.05) is 43.7 Å². The number of hydrogen-bond donors (Lipinski definition) is 0. The summed E-state index contributed by atoms with van der Waals surface area (Å²) in [6, 6.07) is 6.83. The molecule has 1 atom stereocenters. The van der Waals surface area contributed by atoms with Crippen molar-refractivity contribution in [1.82, 2.24) is 9.80 Å². The Labute approximate surface area is 141 Å². The zero-order chi connectivity index (χ0) is 16.1. The zero-order valence-corrected chi connectivity index (χ0v) is 14.1. The van der Waals surface area contributed by atoms with Crippen LogP contribution in [0.2, 0.25) is 0 Å². The third-order valence-electron chi connectivity index (χ3n) is 4.48. The Morgan fingerprint density at radius 1 is 1.22 bits per heavy atom. The van der Waals surface area contributed by atoms with Crippen molar-refractivity contribution in [2.75, 3.05) is 45.1 Å².